The van der Waals surface area contributed by atoms with Crippen LogP contribution in [0.5, 0.6) is 0 Å². The Morgan fingerprint density at radius 1 is 1.54 bits per heavy atom. The normalized spacial score (nSPS) is 12.8. The van der Waals surface area contributed by atoms with Crippen molar-refractivity contribution in [1.29, 1.82) is 0 Å². The van der Waals surface area contributed by atoms with Crippen LogP contribution < -0.4 is 5.73 Å². The molecule has 0 aliphatic carbocycles. The SMILES string of the molecule is CCCC(C)COCCCC(N)=S. The van der Waals surface area contributed by atoms with E-state index >= 15 is 0 Å². The van der Waals surface area contributed by atoms with Crippen LogP contribution in [0.25, 0.3) is 0 Å². The van der Waals surface area contributed by atoms with Gasteiger partial charge in [-0.3, -0.25) is 0 Å². The van der Waals surface area contributed by atoms with Crippen LogP contribution in [0.4, 0.5) is 0 Å². The van der Waals surface area contributed by atoms with Gasteiger partial charge in [0.1, 0.15) is 0 Å². The van der Waals surface area contributed by atoms with Crippen LogP contribution in [0.15, 0.2) is 0 Å². The maximum Gasteiger partial charge on any atom is 0.0728 e. The Morgan fingerprint density at radius 3 is 2.77 bits per heavy atom. The third-order valence-corrected chi connectivity index (χ3v) is 2.10. The molecule has 0 rings (SSSR count). The topological polar surface area (TPSA) is 35.2 Å². The molecule has 0 aromatic carbocycles. The Hall–Kier alpha value is -0.150. The first kappa shape index (κ1) is 12.8. The van der Waals surface area contributed by atoms with Crippen LogP contribution in [-0.4, -0.2) is 18.2 Å². The molecule has 13 heavy (non-hydrogen) atoms. The van der Waals surface area contributed by atoms with Gasteiger partial charge in [0.2, 0.25) is 0 Å². The average molecular weight is 203 g/mol. The third-order valence-electron chi connectivity index (χ3n) is 1.90. The predicted octanol–water partition coefficient (Wildman–Crippen LogP) is 2.51. The number of ether oxygens (including phenoxy) is 1. The number of thiocarbonyl (C=S) groups is 1. The van der Waals surface area contributed by atoms with Crippen molar-refractivity contribution >= 4 is 17.2 Å². The molecule has 3 heteroatoms. The first-order chi connectivity index (χ1) is 6.16. The fraction of sp³-hybridized carbons (Fsp3) is 0.900. The Kier molecular flexibility index (Phi) is 8.35. The lowest BCUT2D eigenvalue weighted by molar-refractivity contribution is 0.101. The summed E-state index contributed by atoms with van der Waals surface area (Å²) in [5, 5.41) is 0. The highest BCUT2D eigenvalue weighted by Gasteiger charge is 1.99. The fourth-order valence-electron chi connectivity index (χ4n) is 1.21. The Balaban J connectivity index is 3.11. The number of rotatable bonds is 8. The highest BCUT2D eigenvalue weighted by atomic mass is 32.1. The van der Waals surface area contributed by atoms with Crippen LogP contribution in [0, 0.1) is 5.92 Å². The third kappa shape index (κ3) is 9.77. The second kappa shape index (κ2) is 8.45. The molecule has 2 nitrogen and oxygen atoms in total. The van der Waals surface area contributed by atoms with Gasteiger partial charge >= 0.3 is 0 Å². The molecule has 0 heterocycles. The zero-order chi connectivity index (χ0) is 10.1. The molecule has 1 atom stereocenters. The van der Waals surface area contributed by atoms with Gasteiger partial charge < -0.3 is 10.5 Å². The molecule has 1 unspecified atom stereocenters. The van der Waals surface area contributed by atoms with Gasteiger partial charge in [-0.25, -0.2) is 0 Å². The molecule has 0 saturated carbocycles. The number of hydrogen-bond donors (Lipinski definition) is 1. The molecule has 0 aromatic rings. The lowest BCUT2D eigenvalue weighted by Crippen LogP contribution is -2.10. The van der Waals surface area contributed by atoms with Crippen LogP contribution in [0.3, 0.4) is 0 Å². The Morgan fingerprint density at radius 2 is 2.23 bits per heavy atom. The van der Waals surface area contributed by atoms with Crippen molar-refractivity contribution in [2.24, 2.45) is 11.7 Å². The summed E-state index contributed by atoms with van der Waals surface area (Å²) in [5.74, 6) is 0.676. The molecule has 0 aliphatic rings. The van der Waals surface area contributed by atoms with E-state index < -0.39 is 0 Å². The minimum Gasteiger partial charge on any atom is -0.393 e. The first-order valence-electron chi connectivity index (χ1n) is 5.02. The van der Waals surface area contributed by atoms with Crippen molar-refractivity contribution in [1.82, 2.24) is 0 Å². The first-order valence-corrected chi connectivity index (χ1v) is 5.43. The second-order valence-electron chi connectivity index (χ2n) is 3.54. The molecular weight excluding hydrogens is 182 g/mol. The number of nitrogens with two attached hydrogens (primary N) is 1. The van der Waals surface area contributed by atoms with E-state index in [4.69, 9.17) is 22.7 Å². The summed E-state index contributed by atoms with van der Waals surface area (Å²) < 4.78 is 5.48. The highest BCUT2D eigenvalue weighted by molar-refractivity contribution is 7.80. The summed E-state index contributed by atoms with van der Waals surface area (Å²) in [7, 11) is 0. The smallest absolute Gasteiger partial charge is 0.0728 e. The van der Waals surface area contributed by atoms with E-state index in [0.717, 1.165) is 26.1 Å². The van der Waals surface area contributed by atoms with E-state index in [-0.39, 0.29) is 0 Å². The second-order valence-corrected chi connectivity index (χ2v) is 4.06. The maximum absolute atomic E-state index is 5.48. The lowest BCUT2D eigenvalue weighted by atomic mass is 10.1. The monoisotopic (exact) mass is 203 g/mol. The molecule has 0 fully saturated rings. The van der Waals surface area contributed by atoms with E-state index in [2.05, 4.69) is 13.8 Å². The minimum atomic E-state index is 0.588. The van der Waals surface area contributed by atoms with Crippen LogP contribution in [-0.2, 0) is 4.74 Å². The van der Waals surface area contributed by atoms with Crippen molar-refractivity contribution in [2.75, 3.05) is 13.2 Å². The van der Waals surface area contributed by atoms with Gasteiger partial charge in [0.25, 0.3) is 0 Å². The van der Waals surface area contributed by atoms with Crippen molar-refractivity contribution in [3.8, 4) is 0 Å². The van der Waals surface area contributed by atoms with Crippen LogP contribution in [0.1, 0.15) is 39.5 Å². The van der Waals surface area contributed by atoms with E-state index in [0.29, 0.717) is 10.9 Å². The van der Waals surface area contributed by atoms with Gasteiger partial charge in [-0.2, -0.15) is 0 Å². The van der Waals surface area contributed by atoms with Gasteiger partial charge in [-0.1, -0.05) is 32.5 Å². The van der Waals surface area contributed by atoms with Gasteiger partial charge in [0.15, 0.2) is 0 Å². The fourth-order valence-corrected chi connectivity index (χ4v) is 1.35. The van der Waals surface area contributed by atoms with Crippen molar-refractivity contribution in [3.63, 3.8) is 0 Å². The summed E-state index contributed by atoms with van der Waals surface area (Å²) in [4.78, 5) is 0.588. The van der Waals surface area contributed by atoms with Gasteiger partial charge in [0, 0.05) is 13.2 Å². The minimum absolute atomic E-state index is 0.588. The van der Waals surface area contributed by atoms with E-state index in [1.165, 1.54) is 12.8 Å². The number of hydrogen-bond acceptors (Lipinski definition) is 2. The van der Waals surface area contributed by atoms with E-state index in [1.807, 2.05) is 0 Å². The van der Waals surface area contributed by atoms with Crippen LogP contribution >= 0.6 is 12.2 Å². The molecule has 0 saturated heterocycles. The summed E-state index contributed by atoms with van der Waals surface area (Å²) in [5.41, 5.74) is 5.36. The summed E-state index contributed by atoms with van der Waals surface area (Å²) in [6, 6.07) is 0. The lowest BCUT2D eigenvalue weighted by Gasteiger charge is -2.10. The van der Waals surface area contributed by atoms with Crippen molar-refractivity contribution in [2.45, 2.75) is 39.5 Å². The molecule has 2 N–H and O–H groups in total. The molecule has 78 valence electrons. The van der Waals surface area contributed by atoms with Gasteiger partial charge in [0.05, 0.1) is 4.99 Å². The van der Waals surface area contributed by atoms with Crippen LogP contribution in [0.2, 0.25) is 0 Å². The Labute approximate surface area is 86.8 Å². The van der Waals surface area contributed by atoms with Gasteiger partial charge in [-0.05, 0) is 25.2 Å². The zero-order valence-corrected chi connectivity index (χ0v) is 9.53. The highest BCUT2D eigenvalue weighted by Crippen LogP contribution is 2.05. The summed E-state index contributed by atoms with van der Waals surface area (Å²) >= 11 is 4.76. The molecule has 0 spiro atoms. The van der Waals surface area contributed by atoms with Crippen molar-refractivity contribution in [3.05, 3.63) is 0 Å². The standard InChI is InChI=1S/C10H21NOS/c1-3-5-9(2)8-12-7-4-6-10(11)13/h9H,3-8H2,1-2H3,(H2,11,13). The largest absolute Gasteiger partial charge is 0.393 e. The molecule has 0 aromatic heterocycles. The van der Waals surface area contributed by atoms with Gasteiger partial charge in [-0.15, -0.1) is 0 Å². The predicted molar refractivity (Wildman–Crippen MR) is 60.9 cm³/mol. The molecule has 0 radical (unpaired) electrons. The molecule has 0 amide bonds. The summed E-state index contributed by atoms with van der Waals surface area (Å²) in [6.45, 7) is 6.07. The molecular formula is C10H21NOS. The summed E-state index contributed by atoms with van der Waals surface area (Å²) in [6.07, 6.45) is 4.23. The van der Waals surface area contributed by atoms with E-state index in [9.17, 15) is 0 Å². The Bertz CT molecular complexity index is 139. The molecule has 0 aliphatic heterocycles. The molecule has 0 bridgehead atoms. The maximum atomic E-state index is 5.48. The average Bonchev–Trinajstić information content (AvgIpc) is 2.03. The van der Waals surface area contributed by atoms with Crippen molar-refractivity contribution < 1.29 is 4.74 Å². The quantitative estimate of drug-likeness (QED) is 0.486. The zero-order valence-electron chi connectivity index (χ0n) is 8.71. The van der Waals surface area contributed by atoms with E-state index in [1.54, 1.807) is 0 Å².